The van der Waals surface area contributed by atoms with Gasteiger partial charge in [-0.3, -0.25) is 14.2 Å². The van der Waals surface area contributed by atoms with Crippen molar-refractivity contribution >= 4 is 40.5 Å². The minimum atomic E-state index is -1.54. The third kappa shape index (κ3) is 4.39. The molecule has 37 heavy (non-hydrogen) atoms. The second-order valence-electron chi connectivity index (χ2n) is 8.36. The number of anilines is 2. The fourth-order valence-corrected chi connectivity index (χ4v) is 4.43. The molecular formula is C25H22N6O6. The van der Waals surface area contributed by atoms with Crippen LogP contribution in [0.2, 0.25) is 0 Å². The first-order chi connectivity index (χ1) is 17.9. The van der Waals surface area contributed by atoms with Crippen LogP contribution < -0.4 is 10.2 Å². The average molecular weight is 502 g/mol. The SMILES string of the molecule is CC(=O)N(c1ccccc1)[C@H]1[C@@H](O)[C@H](n2cnc3c(NC(=O)c4ccccc4)ncnc32)O[C@@H]1C(=O)O. The molecule has 0 bridgehead atoms. The summed E-state index contributed by atoms with van der Waals surface area (Å²) in [5.41, 5.74) is 1.24. The smallest absolute Gasteiger partial charge is 0.335 e. The number of ether oxygens (including phenoxy) is 1. The van der Waals surface area contributed by atoms with Crippen LogP contribution >= 0.6 is 0 Å². The Labute approximate surface area is 210 Å². The summed E-state index contributed by atoms with van der Waals surface area (Å²) in [6.07, 6.45) is -1.72. The van der Waals surface area contributed by atoms with Crippen LogP contribution in [0.25, 0.3) is 11.2 Å². The lowest BCUT2D eigenvalue weighted by atomic mass is 10.0. The molecule has 2 aromatic heterocycles. The molecule has 5 rings (SSSR count). The van der Waals surface area contributed by atoms with Crippen LogP contribution in [0.4, 0.5) is 11.5 Å². The number of aliphatic hydroxyl groups excluding tert-OH is 1. The topological polar surface area (TPSA) is 160 Å². The largest absolute Gasteiger partial charge is 0.479 e. The number of hydrogen-bond acceptors (Lipinski definition) is 8. The molecule has 188 valence electrons. The van der Waals surface area contributed by atoms with E-state index in [1.165, 1.54) is 29.0 Å². The van der Waals surface area contributed by atoms with Crippen LogP contribution in [-0.2, 0) is 14.3 Å². The van der Waals surface area contributed by atoms with E-state index in [4.69, 9.17) is 4.74 Å². The standard InChI is InChI=1S/C25H22N6O6/c1-14(32)31(16-10-6-3-7-11-16)18-19(33)24(37-20(18)25(35)36)30-13-28-17-21(26-12-27-22(17)30)29-23(34)15-8-4-2-5-9-15/h2-13,18-20,24,33H,1H3,(H,35,36)(H,26,27,29,34)/t18-,19+,20-,24+/m0/s1. The van der Waals surface area contributed by atoms with E-state index in [0.29, 0.717) is 11.3 Å². The number of carboxylic acid groups (broad SMARTS) is 1. The van der Waals surface area contributed by atoms with Gasteiger partial charge in [0.05, 0.1) is 6.33 Å². The fraction of sp³-hybridized carbons (Fsp3) is 0.200. The molecule has 0 unspecified atom stereocenters. The van der Waals surface area contributed by atoms with Gasteiger partial charge in [0.2, 0.25) is 5.91 Å². The van der Waals surface area contributed by atoms with E-state index in [0.717, 1.165) is 0 Å². The monoisotopic (exact) mass is 502 g/mol. The second-order valence-corrected chi connectivity index (χ2v) is 8.36. The zero-order valence-corrected chi connectivity index (χ0v) is 19.5. The third-order valence-corrected chi connectivity index (χ3v) is 6.05. The number of nitrogens with zero attached hydrogens (tertiary/aromatic N) is 5. The van der Waals surface area contributed by atoms with E-state index >= 15 is 0 Å². The molecule has 3 heterocycles. The van der Waals surface area contributed by atoms with Crippen molar-refractivity contribution in [1.29, 1.82) is 0 Å². The Balaban J connectivity index is 1.50. The van der Waals surface area contributed by atoms with Crippen molar-refractivity contribution < 1.29 is 29.3 Å². The lowest BCUT2D eigenvalue weighted by molar-refractivity contribution is -0.152. The molecule has 4 atom stereocenters. The molecule has 2 aromatic carbocycles. The summed E-state index contributed by atoms with van der Waals surface area (Å²) in [5.74, 6) is -2.08. The minimum absolute atomic E-state index is 0.131. The summed E-state index contributed by atoms with van der Waals surface area (Å²) in [6, 6.07) is 15.7. The van der Waals surface area contributed by atoms with Gasteiger partial charge in [-0.1, -0.05) is 36.4 Å². The van der Waals surface area contributed by atoms with Crippen LogP contribution in [0.1, 0.15) is 23.5 Å². The van der Waals surface area contributed by atoms with E-state index in [1.54, 1.807) is 60.7 Å². The van der Waals surface area contributed by atoms with Gasteiger partial charge in [0.15, 0.2) is 29.3 Å². The quantitative estimate of drug-likeness (QED) is 0.357. The summed E-state index contributed by atoms with van der Waals surface area (Å²) in [4.78, 5) is 51.2. The van der Waals surface area contributed by atoms with Crippen LogP contribution in [0.5, 0.6) is 0 Å². The Morgan fingerprint density at radius 2 is 1.68 bits per heavy atom. The number of aliphatic carboxylic acids is 1. The number of carbonyl (C=O) groups is 3. The van der Waals surface area contributed by atoms with E-state index in [9.17, 15) is 24.6 Å². The fourth-order valence-electron chi connectivity index (χ4n) is 4.43. The molecular weight excluding hydrogens is 480 g/mol. The molecule has 1 aliphatic rings. The minimum Gasteiger partial charge on any atom is -0.479 e. The lowest BCUT2D eigenvalue weighted by Crippen LogP contribution is -2.52. The van der Waals surface area contributed by atoms with Crippen molar-refractivity contribution in [2.45, 2.75) is 31.4 Å². The number of rotatable bonds is 6. The van der Waals surface area contributed by atoms with Gasteiger partial charge < -0.3 is 25.2 Å². The first-order valence-electron chi connectivity index (χ1n) is 11.3. The van der Waals surface area contributed by atoms with Crippen LogP contribution in [0.3, 0.4) is 0 Å². The zero-order valence-electron chi connectivity index (χ0n) is 19.5. The number of hydrogen-bond donors (Lipinski definition) is 3. The van der Waals surface area contributed by atoms with Crippen LogP contribution in [0.15, 0.2) is 73.3 Å². The Hall–Kier alpha value is -4.68. The zero-order chi connectivity index (χ0) is 26.1. The highest BCUT2D eigenvalue weighted by atomic mass is 16.6. The molecule has 1 aliphatic heterocycles. The van der Waals surface area contributed by atoms with Crippen molar-refractivity contribution in [1.82, 2.24) is 19.5 Å². The van der Waals surface area contributed by atoms with Gasteiger partial charge in [0.1, 0.15) is 18.5 Å². The van der Waals surface area contributed by atoms with Crippen molar-refractivity contribution in [3.8, 4) is 0 Å². The van der Waals surface area contributed by atoms with Crippen molar-refractivity contribution in [2.24, 2.45) is 0 Å². The number of amides is 2. The summed E-state index contributed by atoms with van der Waals surface area (Å²) >= 11 is 0. The third-order valence-electron chi connectivity index (χ3n) is 6.05. The van der Waals surface area contributed by atoms with Crippen molar-refractivity contribution in [2.75, 3.05) is 10.2 Å². The Bertz CT molecular complexity index is 1460. The van der Waals surface area contributed by atoms with Gasteiger partial charge >= 0.3 is 5.97 Å². The van der Waals surface area contributed by atoms with Gasteiger partial charge in [-0.25, -0.2) is 19.7 Å². The van der Waals surface area contributed by atoms with Gasteiger partial charge in [-0.15, -0.1) is 0 Å². The molecule has 4 aromatic rings. The number of fused-ring (bicyclic) bond motifs is 1. The van der Waals surface area contributed by atoms with Gasteiger partial charge in [-0.2, -0.15) is 0 Å². The highest BCUT2D eigenvalue weighted by molar-refractivity contribution is 6.06. The number of carboxylic acids is 1. The number of benzene rings is 2. The first-order valence-corrected chi connectivity index (χ1v) is 11.3. The maximum absolute atomic E-state index is 12.6. The second kappa shape index (κ2) is 9.76. The Morgan fingerprint density at radius 3 is 2.32 bits per heavy atom. The van der Waals surface area contributed by atoms with E-state index in [-0.39, 0.29) is 17.0 Å². The lowest BCUT2D eigenvalue weighted by Gasteiger charge is -2.31. The normalized spacial score (nSPS) is 21.0. The predicted octanol–water partition coefficient (Wildman–Crippen LogP) is 1.84. The number of para-hydroxylation sites is 1. The van der Waals surface area contributed by atoms with Gasteiger partial charge in [0, 0.05) is 18.2 Å². The van der Waals surface area contributed by atoms with E-state index < -0.39 is 42.3 Å². The summed E-state index contributed by atoms with van der Waals surface area (Å²) in [5, 5.41) is 23.9. The van der Waals surface area contributed by atoms with E-state index in [1.807, 2.05) is 0 Å². The van der Waals surface area contributed by atoms with E-state index in [2.05, 4.69) is 20.3 Å². The van der Waals surface area contributed by atoms with Gasteiger partial charge in [-0.05, 0) is 24.3 Å². The number of nitrogens with one attached hydrogen (secondary N) is 1. The molecule has 3 N–H and O–H groups in total. The molecule has 12 heteroatoms. The number of carbonyl (C=O) groups excluding carboxylic acids is 2. The highest BCUT2D eigenvalue weighted by Crippen LogP contribution is 2.37. The molecule has 2 amide bonds. The predicted molar refractivity (Wildman–Crippen MR) is 131 cm³/mol. The molecule has 0 saturated carbocycles. The van der Waals surface area contributed by atoms with Crippen molar-refractivity contribution in [3.63, 3.8) is 0 Å². The van der Waals surface area contributed by atoms with Crippen molar-refractivity contribution in [3.05, 3.63) is 78.9 Å². The number of aliphatic hydroxyl groups is 1. The summed E-state index contributed by atoms with van der Waals surface area (Å²) < 4.78 is 7.14. The molecule has 0 spiro atoms. The molecule has 1 saturated heterocycles. The van der Waals surface area contributed by atoms with Gasteiger partial charge in [0.25, 0.3) is 5.91 Å². The number of aromatic nitrogens is 4. The number of imidazole rings is 1. The summed E-state index contributed by atoms with van der Waals surface area (Å²) in [7, 11) is 0. The summed E-state index contributed by atoms with van der Waals surface area (Å²) in [6.45, 7) is 1.29. The molecule has 0 radical (unpaired) electrons. The Kier molecular flexibility index (Phi) is 6.34. The average Bonchev–Trinajstić information content (AvgIpc) is 3.47. The molecule has 1 fully saturated rings. The molecule has 12 nitrogen and oxygen atoms in total. The molecule has 0 aliphatic carbocycles. The van der Waals surface area contributed by atoms with Crippen LogP contribution in [-0.4, -0.2) is 65.8 Å². The maximum atomic E-state index is 12.6. The highest BCUT2D eigenvalue weighted by Gasteiger charge is 2.52. The van der Waals surface area contributed by atoms with Crippen LogP contribution in [0, 0.1) is 0 Å². The Morgan fingerprint density at radius 1 is 1.00 bits per heavy atom. The maximum Gasteiger partial charge on any atom is 0.335 e. The first kappa shape index (κ1) is 24.0.